The van der Waals surface area contributed by atoms with Gasteiger partial charge in [0, 0.05) is 13.1 Å². The van der Waals surface area contributed by atoms with Gasteiger partial charge >= 0.3 is 0 Å². The summed E-state index contributed by atoms with van der Waals surface area (Å²) in [4.78, 5) is 19.1. The molecule has 0 unspecified atom stereocenters. The SMILES string of the molecule is C[C@@H](NC(=O)c1coc(CN(Cc2ccc(F)cc2)Cc2ccc(F)cc2)n1)c1ccccc1. The third kappa shape index (κ3) is 6.36. The van der Waals surface area contributed by atoms with Gasteiger partial charge in [-0.15, -0.1) is 0 Å². The first-order chi connectivity index (χ1) is 16.5. The maximum atomic E-state index is 13.3. The van der Waals surface area contributed by atoms with Crippen LogP contribution in [0.3, 0.4) is 0 Å². The van der Waals surface area contributed by atoms with Gasteiger partial charge in [0.05, 0.1) is 12.6 Å². The lowest BCUT2D eigenvalue weighted by Crippen LogP contribution is -2.27. The third-order valence-corrected chi connectivity index (χ3v) is 5.43. The monoisotopic (exact) mass is 461 g/mol. The van der Waals surface area contributed by atoms with E-state index in [9.17, 15) is 13.6 Å². The summed E-state index contributed by atoms with van der Waals surface area (Å²) in [5, 5.41) is 2.92. The molecule has 1 atom stereocenters. The number of oxazole rings is 1. The molecular formula is C27H25F2N3O2. The fourth-order valence-electron chi connectivity index (χ4n) is 3.64. The van der Waals surface area contributed by atoms with Crippen molar-refractivity contribution in [2.75, 3.05) is 0 Å². The van der Waals surface area contributed by atoms with Gasteiger partial charge in [-0.05, 0) is 47.9 Å². The van der Waals surface area contributed by atoms with Gasteiger partial charge in [-0.2, -0.15) is 0 Å². The Hall–Kier alpha value is -3.84. The molecule has 0 saturated carbocycles. The molecular weight excluding hydrogens is 436 g/mol. The van der Waals surface area contributed by atoms with Crippen molar-refractivity contribution in [2.24, 2.45) is 0 Å². The van der Waals surface area contributed by atoms with Crippen LogP contribution in [0.2, 0.25) is 0 Å². The van der Waals surface area contributed by atoms with Crippen molar-refractivity contribution in [3.8, 4) is 0 Å². The first kappa shape index (κ1) is 23.3. The fraction of sp³-hybridized carbons (Fsp3) is 0.185. The molecule has 4 aromatic rings. The molecule has 0 spiro atoms. The Bertz CT molecular complexity index is 1160. The van der Waals surface area contributed by atoms with E-state index < -0.39 is 0 Å². The second-order valence-electron chi connectivity index (χ2n) is 8.13. The normalized spacial score (nSPS) is 12.0. The number of hydrogen-bond donors (Lipinski definition) is 1. The molecule has 0 aliphatic rings. The summed E-state index contributed by atoms with van der Waals surface area (Å²) in [7, 11) is 0. The van der Waals surface area contributed by atoms with Crippen LogP contribution in [0.25, 0.3) is 0 Å². The Kier molecular flexibility index (Phi) is 7.44. The van der Waals surface area contributed by atoms with Gasteiger partial charge in [0.1, 0.15) is 17.9 Å². The molecule has 0 radical (unpaired) electrons. The quantitative estimate of drug-likeness (QED) is 0.350. The van der Waals surface area contributed by atoms with Crippen LogP contribution in [0.5, 0.6) is 0 Å². The van der Waals surface area contributed by atoms with Crippen LogP contribution in [0.15, 0.2) is 89.5 Å². The summed E-state index contributed by atoms with van der Waals surface area (Å²) in [5.74, 6) is -0.555. The van der Waals surface area contributed by atoms with Crippen molar-refractivity contribution in [1.82, 2.24) is 15.2 Å². The van der Waals surface area contributed by atoms with Crippen molar-refractivity contribution in [3.05, 3.63) is 125 Å². The van der Waals surface area contributed by atoms with E-state index in [4.69, 9.17) is 4.42 Å². The standard InChI is InChI=1S/C27H25F2N3O2/c1-19(22-5-3-2-4-6-22)30-27(33)25-18-34-26(31-25)17-32(15-20-7-11-23(28)12-8-20)16-21-9-13-24(29)14-10-21/h2-14,18-19H,15-17H2,1H3,(H,30,33)/t19-/m1/s1. The molecule has 1 heterocycles. The second-order valence-corrected chi connectivity index (χ2v) is 8.13. The Labute approximate surface area is 197 Å². The second kappa shape index (κ2) is 10.9. The first-order valence-corrected chi connectivity index (χ1v) is 11.0. The van der Waals surface area contributed by atoms with Gasteiger partial charge in [0.15, 0.2) is 5.69 Å². The van der Waals surface area contributed by atoms with E-state index >= 15 is 0 Å². The molecule has 0 saturated heterocycles. The van der Waals surface area contributed by atoms with Crippen LogP contribution in [-0.2, 0) is 19.6 Å². The van der Waals surface area contributed by atoms with Crippen molar-refractivity contribution in [2.45, 2.75) is 32.6 Å². The summed E-state index contributed by atoms with van der Waals surface area (Å²) in [5.41, 5.74) is 3.00. The minimum absolute atomic E-state index is 0.178. The van der Waals surface area contributed by atoms with Crippen LogP contribution in [0.1, 0.15) is 46.0 Å². The molecule has 3 aromatic carbocycles. The van der Waals surface area contributed by atoms with E-state index in [0.29, 0.717) is 25.5 Å². The molecule has 1 amide bonds. The molecule has 0 aliphatic carbocycles. The summed E-state index contributed by atoms with van der Waals surface area (Å²) >= 11 is 0. The molecule has 0 fully saturated rings. The molecule has 174 valence electrons. The van der Waals surface area contributed by atoms with Gasteiger partial charge in [-0.3, -0.25) is 9.69 Å². The van der Waals surface area contributed by atoms with Crippen LogP contribution >= 0.6 is 0 Å². The first-order valence-electron chi connectivity index (χ1n) is 11.0. The molecule has 1 aromatic heterocycles. The summed E-state index contributed by atoms with van der Waals surface area (Å²) in [6, 6.07) is 22.0. The predicted octanol–water partition coefficient (Wildman–Crippen LogP) is 5.65. The van der Waals surface area contributed by atoms with Crippen molar-refractivity contribution >= 4 is 5.91 Å². The fourth-order valence-corrected chi connectivity index (χ4v) is 3.64. The highest BCUT2D eigenvalue weighted by molar-refractivity contribution is 5.92. The van der Waals surface area contributed by atoms with Crippen LogP contribution < -0.4 is 5.32 Å². The van der Waals surface area contributed by atoms with Gasteiger partial charge in [0.2, 0.25) is 5.89 Å². The van der Waals surface area contributed by atoms with Gasteiger partial charge in [-0.1, -0.05) is 54.6 Å². The van der Waals surface area contributed by atoms with Crippen molar-refractivity contribution in [1.29, 1.82) is 0 Å². The maximum Gasteiger partial charge on any atom is 0.273 e. The molecule has 0 bridgehead atoms. The molecule has 7 heteroatoms. The molecule has 1 N–H and O–H groups in total. The minimum atomic E-state index is -0.324. The maximum absolute atomic E-state index is 13.3. The van der Waals surface area contributed by atoms with Gasteiger partial charge < -0.3 is 9.73 Å². The highest BCUT2D eigenvalue weighted by atomic mass is 19.1. The number of halogens is 2. The lowest BCUT2D eigenvalue weighted by Gasteiger charge is -2.21. The van der Waals surface area contributed by atoms with E-state index in [1.807, 2.05) is 42.2 Å². The Morgan fingerprint density at radius 1 is 0.882 bits per heavy atom. The number of amides is 1. The Balaban J connectivity index is 1.45. The number of hydrogen-bond acceptors (Lipinski definition) is 4. The molecule has 0 aliphatic heterocycles. The zero-order valence-electron chi connectivity index (χ0n) is 18.7. The number of carbonyl (C=O) groups excluding carboxylic acids is 1. The summed E-state index contributed by atoms with van der Waals surface area (Å²) < 4.78 is 32.2. The van der Waals surface area contributed by atoms with Gasteiger partial charge in [0.25, 0.3) is 5.91 Å². The van der Waals surface area contributed by atoms with Crippen LogP contribution in [-0.4, -0.2) is 15.8 Å². The number of aromatic nitrogens is 1. The number of benzene rings is 3. The lowest BCUT2D eigenvalue weighted by atomic mass is 10.1. The number of rotatable bonds is 9. The lowest BCUT2D eigenvalue weighted by molar-refractivity contribution is 0.0934. The van der Waals surface area contributed by atoms with E-state index in [1.165, 1.54) is 30.5 Å². The Morgan fingerprint density at radius 3 is 2.00 bits per heavy atom. The average Bonchev–Trinajstić information content (AvgIpc) is 3.31. The van der Waals surface area contributed by atoms with Crippen LogP contribution in [0, 0.1) is 11.6 Å². The summed E-state index contributed by atoms with van der Waals surface area (Å²) in [6.07, 6.45) is 1.34. The third-order valence-electron chi connectivity index (χ3n) is 5.43. The topological polar surface area (TPSA) is 58.4 Å². The zero-order chi connectivity index (χ0) is 23.9. The number of nitrogens with one attached hydrogen (secondary N) is 1. The molecule has 5 nitrogen and oxygen atoms in total. The minimum Gasteiger partial charge on any atom is -0.447 e. The molecule has 34 heavy (non-hydrogen) atoms. The van der Waals surface area contributed by atoms with E-state index in [0.717, 1.165) is 16.7 Å². The summed E-state index contributed by atoms with van der Waals surface area (Å²) in [6.45, 7) is 3.21. The smallest absolute Gasteiger partial charge is 0.273 e. The van der Waals surface area contributed by atoms with E-state index in [2.05, 4.69) is 10.3 Å². The van der Waals surface area contributed by atoms with Crippen LogP contribution in [0.4, 0.5) is 8.78 Å². The molecule has 4 rings (SSSR count). The zero-order valence-corrected chi connectivity index (χ0v) is 18.7. The Morgan fingerprint density at radius 2 is 1.44 bits per heavy atom. The largest absolute Gasteiger partial charge is 0.447 e. The predicted molar refractivity (Wildman–Crippen MR) is 125 cm³/mol. The highest BCUT2D eigenvalue weighted by Crippen LogP contribution is 2.16. The number of nitrogens with zero attached hydrogens (tertiary/aromatic N) is 2. The van der Waals surface area contributed by atoms with E-state index in [-0.39, 0.29) is 29.3 Å². The van der Waals surface area contributed by atoms with Crippen molar-refractivity contribution < 1.29 is 18.0 Å². The van der Waals surface area contributed by atoms with Gasteiger partial charge in [-0.25, -0.2) is 13.8 Å². The average molecular weight is 462 g/mol. The van der Waals surface area contributed by atoms with Crippen molar-refractivity contribution in [3.63, 3.8) is 0 Å². The van der Waals surface area contributed by atoms with E-state index in [1.54, 1.807) is 24.3 Å². The highest BCUT2D eigenvalue weighted by Gasteiger charge is 2.18. The number of carbonyl (C=O) groups is 1.